The molecule has 2 heterocycles. The molecule has 3 amide bonds. The van der Waals surface area contributed by atoms with Crippen LogP contribution in [0.3, 0.4) is 0 Å². The molecule has 0 aromatic heterocycles. The van der Waals surface area contributed by atoms with E-state index in [9.17, 15) is 14.4 Å². The standard InChI is InChI=1S/C17H20ClN3O4/c1-2-25-17(24)20-9-7-19(8-10-20)14-11-15(22)21(16(14)23)13-5-3-12(18)4-6-13/h3-6,14H,2,7-11H2,1H3/p+1/t14-/m1/s1. The first-order chi connectivity index (χ1) is 12.0. The van der Waals surface area contributed by atoms with Gasteiger partial charge in [-0.3, -0.25) is 14.5 Å². The van der Waals surface area contributed by atoms with Crippen LogP contribution in [0.5, 0.6) is 0 Å². The highest BCUT2D eigenvalue weighted by Crippen LogP contribution is 2.23. The van der Waals surface area contributed by atoms with Crippen LogP contribution in [-0.4, -0.2) is 61.6 Å². The molecule has 134 valence electrons. The fourth-order valence-corrected chi connectivity index (χ4v) is 3.48. The molecule has 0 radical (unpaired) electrons. The Bertz CT molecular complexity index is 671. The molecular weight excluding hydrogens is 346 g/mol. The monoisotopic (exact) mass is 366 g/mol. The number of hydrogen-bond acceptors (Lipinski definition) is 4. The van der Waals surface area contributed by atoms with Crippen molar-refractivity contribution in [2.75, 3.05) is 37.7 Å². The number of rotatable bonds is 3. The second-order valence-corrected chi connectivity index (χ2v) is 6.58. The molecule has 0 bridgehead atoms. The number of anilines is 1. The number of amides is 3. The lowest BCUT2D eigenvalue weighted by Crippen LogP contribution is -3.19. The molecule has 0 spiro atoms. The van der Waals surface area contributed by atoms with Crippen molar-refractivity contribution in [3.8, 4) is 0 Å². The third-order valence-electron chi connectivity index (χ3n) is 4.66. The van der Waals surface area contributed by atoms with Crippen molar-refractivity contribution < 1.29 is 24.0 Å². The van der Waals surface area contributed by atoms with Gasteiger partial charge in [-0.1, -0.05) is 11.6 Å². The number of halogens is 1. The summed E-state index contributed by atoms with van der Waals surface area (Å²) in [6.07, 6.45) is -0.130. The Hall–Kier alpha value is -2.12. The van der Waals surface area contributed by atoms with Crippen molar-refractivity contribution in [1.82, 2.24) is 4.90 Å². The minimum Gasteiger partial charge on any atom is -0.450 e. The number of benzene rings is 1. The summed E-state index contributed by atoms with van der Waals surface area (Å²) >= 11 is 5.87. The lowest BCUT2D eigenvalue weighted by Gasteiger charge is -2.33. The van der Waals surface area contributed by atoms with Crippen LogP contribution in [0.15, 0.2) is 24.3 Å². The third-order valence-corrected chi connectivity index (χ3v) is 4.91. The average Bonchev–Trinajstić information content (AvgIpc) is 2.91. The lowest BCUT2D eigenvalue weighted by molar-refractivity contribution is -0.918. The molecule has 1 N–H and O–H groups in total. The maximum absolute atomic E-state index is 12.8. The third kappa shape index (κ3) is 3.62. The molecule has 25 heavy (non-hydrogen) atoms. The van der Waals surface area contributed by atoms with Crippen molar-refractivity contribution in [1.29, 1.82) is 0 Å². The SMILES string of the molecule is CCOC(=O)N1CC[NH+]([C@@H]2CC(=O)N(c3ccc(Cl)cc3)C2=O)CC1. The maximum Gasteiger partial charge on any atom is 0.410 e. The van der Waals surface area contributed by atoms with Gasteiger partial charge in [0.25, 0.3) is 5.91 Å². The van der Waals surface area contributed by atoms with Gasteiger partial charge in [0.1, 0.15) is 0 Å². The summed E-state index contributed by atoms with van der Waals surface area (Å²) in [5, 5.41) is 0.556. The summed E-state index contributed by atoms with van der Waals surface area (Å²) < 4.78 is 5.00. The van der Waals surface area contributed by atoms with Crippen molar-refractivity contribution in [3.63, 3.8) is 0 Å². The van der Waals surface area contributed by atoms with Gasteiger partial charge in [0.15, 0.2) is 6.04 Å². The number of piperazine rings is 1. The molecule has 2 aliphatic heterocycles. The smallest absolute Gasteiger partial charge is 0.410 e. The number of hydrogen-bond donors (Lipinski definition) is 1. The van der Waals surface area contributed by atoms with E-state index in [4.69, 9.17) is 16.3 Å². The zero-order valence-electron chi connectivity index (χ0n) is 14.0. The Balaban J connectivity index is 1.65. The Kier molecular flexibility index (Phi) is 5.24. The van der Waals surface area contributed by atoms with Crippen LogP contribution < -0.4 is 9.80 Å². The Morgan fingerprint density at radius 1 is 1.24 bits per heavy atom. The fraction of sp³-hybridized carbons (Fsp3) is 0.471. The lowest BCUT2D eigenvalue weighted by atomic mass is 10.2. The van der Waals surface area contributed by atoms with E-state index in [1.54, 1.807) is 36.1 Å². The number of ether oxygens (including phenoxy) is 1. The number of nitrogens with zero attached hydrogens (tertiary/aromatic N) is 2. The highest BCUT2D eigenvalue weighted by Gasteiger charge is 2.46. The number of carbonyl (C=O) groups excluding carboxylic acids is 3. The molecule has 1 atom stereocenters. The zero-order chi connectivity index (χ0) is 18.0. The molecule has 2 aliphatic rings. The summed E-state index contributed by atoms with van der Waals surface area (Å²) in [4.78, 5) is 40.8. The minimum absolute atomic E-state index is 0.188. The van der Waals surface area contributed by atoms with Gasteiger partial charge in [0.2, 0.25) is 5.91 Å². The second-order valence-electron chi connectivity index (χ2n) is 6.14. The molecule has 2 saturated heterocycles. The molecule has 2 fully saturated rings. The molecule has 0 unspecified atom stereocenters. The van der Waals surface area contributed by atoms with Gasteiger partial charge < -0.3 is 9.64 Å². The van der Waals surface area contributed by atoms with Gasteiger partial charge in [0.05, 0.1) is 44.9 Å². The molecular formula is C17H21ClN3O4+. The number of carbonyl (C=O) groups is 3. The number of quaternary nitrogens is 1. The van der Waals surface area contributed by atoms with E-state index in [1.807, 2.05) is 0 Å². The zero-order valence-corrected chi connectivity index (χ0v) is 14.8. The molecule has 0 aliphatic carbocycles. The van der Waals surface area contributed by atoms with E-state index < -0.39 is 6.04 Å². The Morgan fingerprint density at radius 2 is 1.88 bits per heavy atom. The molecule has 7 nitrogen and oxygen atoms in total. The summed E-state index contributed by atoms with van der Waals surface area (Å²) in [5.74, 6) is -0.385. The van der Waals surface area contributed by atoms with E-state index >= 15 is 0 Å². The highest BCUT2D eigenvalue weighted by atomic mass is 35.5. The second kappa shape index (κ2) is 7.41. The summed E-state index contributed by atoms with van der Waals surface area (Å²) in [6.45, 7) is 4.40. The number of imide groups is 1. The first-order valence-corrected chi connectivity index (χ1v) is 8.77. The normalized spacial score (nSPS) is 21.8. The summed E-state index contributed by atoms with van der Waals surface area (Å²) in [7, 11) is 0. The van der Waals surface area contributed by atoms with Crippen molar-refractivity contribution in [2.24, 2.45) is 0 Å². The van der Waals surface area contributed by atoms with Gasteiger partial charge in [-0.2, -0.15) is 0 Å². The topological polar surface area (TPSA) is 71.4 Å². The average molecular weight is 367 g/mol. The van der Waals surface area contributed by atoms with E-state index in [1.165, 1.54) is 4.90 Å². The number of nitrogens with one attached hydrogen (secondary N) is 1. The van der Waals surface area contributed by atoms with E-state index in [0.717, 1.165) is 4.90 Å². The first kappa shape index (κ1) is 17.7. The van der Waals surface area contributed by atoms with Gasteiger partial charge in [0, 0.05) is 5.02 Å². The van der Waals surface area contributed by atoms with Gasteiger partial charge in [-0.15, -0.1) is 0 Å². The molecule has 0 saturated carbocycles. The highest BCUT2D eigenvalue weighted by molar-refractivity contribution is 6.30. The molecule has 1 aromatic rings. The van der Waals surface area contributed by atoms with Crippen LogP contribution >= 0.6 is 11.6 Å². The Labute approximate surface area is 151 Å². The van der Waals surface area contributed by atoms with E-state index in [-0.39, 0.29) is 24.3 Å². The molecule has 3 rings (SSSR count). The summed E-state index contributed by atoms with van der Waals surface area (Å²) in [6, 6.07) is 6.28. The minimum atomic E-state index is -0.396. The predicted octanol–water partition coefficient (Wildman–Crippen LogP) is 0.329. The summed E-state index contributed by atoms with van der Waals surface area (Å²) in [5.41, 5.74) is 0.548. The van der Waals surface area contributed by atoms with Gasteiger partial charge >= 0.3 is 6.09 Å². The quantitative estimate of drug-likeness (QED) is 0.783. The van der Waals surface area contributed by atoms with Gasteiger partial charge in [-0.25, -0.2) is 9.69 Å². The Morgan fingerprint density at radius 3 is 2.48 bits per heavy atom. The van der Waals surface area contributed by atoms with Crippen molar-refractivity contribution in [3.05, 3.63) is 29.3 Å². The predicted molar refractivity (Wildman–Crippen MR) is 91.6 cm³/mol. The molecule has 8 heteroatoms. The first-order valence-electron chi connectivity index (χ1n) is 8.40. The van der Waals surface area contributed by atoms with Crippen molar-refractivity contribution in [2.45, 2.75) is 19.4 Å². The largest absolute Gasteiger partial charge is 0.450 e. The van der Waals surface area contributed by atoms with Crippen LogP contribution in [0.1, 0.15) is 13.3 Å². The van der Waals surface area contributed by atoms with E-state index in [0.29, 0.717) is 43.5 Å². The maximum atomic E-state index is 12.8. The fourth-order valence-electron chi connectivity index (χ4n) is 3.35. The van der Waals surface area contributed by atoms with Gasteiger partial charge in [-0.05, 0) is 31.2 Å². The molecule has 1 aromatic carbocycles. The van der Waals surface area contributed by atoms with Crippen LogP contribution in [0.2, 0.25) is 5.02 Å². The van der Waals surface area contributed by atoms with Crippen LogP contribution in [0.4, 0.5) is 10.5 Å². The van der Waals surface area contributed by atoms with Crippen molar-refractivity contribution >= 4 is 35.2 Å². The van der Waals surface area contributed by atoms with Crippen LogP contribution in [-0.2, 0) is 14.3 Å². The van der Waals surface area contributed by atoms with Crippen LogP contribution in [0.25, 0.3) is 0 Å². The van der Waals surface area contributed by atoms with Crippen LogP contribution in [0, 0.1) is 0 Å². The van der Waals surface area contributed by atoms with E-state index in [2.05, 4.69) is 0 Å².